The molecular formula is C16H10N4. The molecule has 0 spiro atoms. The minimum absolute atomic E-state index is 0.281. The van der Waals surface area contributed by atoms with E-state index in [0.29, 0.717) is 5.56 Å². The van der Waals surface area contributed by atoms with Crippen LogP contribution in [0.15, 0.2) is 53.6 Å². The molecule has 3 rings (SSSR count). The fraction of sp³-hybridized carbons (Fsp3) is 0.0625. The van der Waals surface area contributed by atoms with Gasteiger partial charge in [-0.1, -0.05) is 53.6 Å². The predicted octanol–water partition coefficient (Wildman–Crippen LogP) is 4.67. The second kappa shape index (κ2) is 4.93. The monoisotopic (exact) mass is 258 g/mol. The van der Waals surface area contributed by atoms with E-state index in [4.69, 9.17) is 5.53 Å². The molecule has 20 heavy (non-hydrogen) atoms. The molecule has 94 valence electrons. The first-order valence-electron chi connectivity index (χ1n) is 6.20. The summed E-state index contributed by atoms with van der Waals surface area (Å²) in [5, 5.41) is 16.9. The van der Waals surface area contributed by atoms with Crippen molar-refractivity contribution in [3.8, 4) is 6.07 Å². The molecule has 3 aromatic carbocycles. The van der Waals surface area contributed by atoms with E-state index in [-0.39, 0.29) is 6.54 Å². The molecule has 0 heterocycles. The van der Waals surface area contributed by atoms with Crippen molar-refractivity contribution in [3.05, 3.63) is 70.1 Å². The Bertz CT molecular complexity index is 842. The molecule has 0 aromatic heterocycles. The van der Waals surface area contributed by atoms with Gasteiger partial charge in [0.2, 0.25) is 0 Å². The molecule has 0 aliphatic rings. The normalized spacial score (nSPS) is 10.2. The van der Waals surface area contributed by atoms with Crippen molar-refractivity contribution in [2.45, 2.75) is 6.54 Å². The Labute approximate surface area is 115 Å². The third-order valence-corrected chi connectivity index (χ3v) is 3.45. The fourth-order valence-corrected chi connectivity index (χ4v) is 2.61. The van der Waals surface area contributed by atoms with Crippen molar-refractivity contribution in [3.63, 3.8) is 0 Å². The zero-order chi connectivity index (χ0) is 13.9. The molecule has 4 nitrogen and oxygen atoms in total. The molecule has 4 heteroatoms. The van der Waals surface area contributed by atoms with E-state index in [1.807, 2.05) is 48.5 Å². The number of nitrogens with zero attached hydrogens (tertiary/aromatic N) is 4. The third-order valence-electron chi connectivity index (χ3n) is 3.45. The average Bonchev–Trinajstić information content (AvgIpc) is 2.51. The maximum absolute atomic E-state index is 9.47. The summed E-state index contributed by atoms with van der Waals surface area (Å²) in [6.07, 6.45) is 0. The topological polar surface area (TPSA) is 72.5 Å². The summed E-state index contributed by atoms with van der Waals surface area (Å²) in [7, 11) is 0. The van der Waals surface area contributed by atoms with Crippen LogP contribution in [0.4, 0.5) is 0 Å². The van der Waals surface area contributed by atoms with Crippen molar-refractivity contribution < 1.29 is 0 Å². The van der Waals surface area contributed by atoms with Crippen LogP contribution in [0, 0.1) is 11.3 Å². The molecule has 3 aromatic rings. The second-order valence-corrected chi connectivity index (χ2v) is 4.45. The molecule has 0 aliphatic carbocycles. The quantitative estimate of drug-likeness (QED) is 0.285. The van der Waals surface area contributed by atoms with Crippen molar-refractivity contribution >= 4 is 21.5 Å². The Balaban J connectivity index is 2.56. The van der Waals surface area contributed by atoms with Gasteiger partial charge in [0.05, 0.1) is 12.1 Å². The minimum Gasteiger partial charge on any atom is -0.192 e. The highest BCUT2D eigenvalue weighted by Gasteiger charge is 2.12. The van der Waals surface area contributed by atoms with Crippen molar-refractivity contribution in [1.82, 2.24) is 0 Å². The van der Waals surface area contributed by atoms with Crippen LogP contribution in [-0.4, -0.2) is 0 Å². The molecule has 0 aliphatic heterocycles. The molecule has 0 radical (unpaired) electrons. The molecule has 0 fully saturated rings. The largest absolute Gasteiger partial charge is 0.192 e. The maximum Gasteiger partial charge on any atom is 0.100 e. The van der Waals surface area contributed by atoms with E-state index < -0.39 is 0 Å². The van der Waals surface area contributed by atoms with Crippen molar-refractivity contribution in [2.24, 2.45) is 5.11 Å². The van der Waals surface area contributed by atoms with E-state index in [1.165, 1.54) is 0 Å². The average molecular weight is 258 g/mol. The van der Waals surface area contributed by atoms with Gasteiger partial charge < -0.3 is 0 Å². The highest BCUT2D eigenvalue weighted by Crippen LogP contribution is 2.32. The van der Waals surface area contributed by atoms with E-state index >= 15 is 0 Å². The van der Waals surface area contributed by atoms with Crippen LogP contribution >= 0.6 is 0 Å². The van der Waals surface area contributed by atoms with Gasteiger partial charge in [0.15, 0.2) is 0 Å². The van der Waals surface area contributed by atoms with Crippen LogP contribution in [0.2, 0.25) is 0 Å². The second-order valence-electron chi connectivity index (χ2n) is 4.45. The molecule has 0 saturated heterocycles. The number of azide groups is 1. The van der Waals surface area contributed by atoms with Crippen LogP contribution in [0.3, 0.4) is 0 Å². The first-order valence-corrected chi connectivity index (χ1v) is 6.20. The van der Waals surface area contributed by atoms with Gasteiger partial charge in [-0.2, -0.15) is 5.26 Å². The Morgan fingerprint density at radius 1 is 0.950 bits per heavy atom. The lowest BCUT2D eigenvalue weighted by molar-refractivity contribution is 1.07. The molecule has 0 atom stereocenters. The van der Waals surface area contributed by atoms with Crippen LogP contribution in [0.25, 0.3) is 32.0 Å². The zero-order valence-electron chi connectivity index (χ0n) is 10.6. The van der Waals surface area contributed by atoms with E-state index in [1.54, 1.807) is 0 Å². The lowest BCUT2D eigenvalue weighted by Gasteiger charge is -2.11. The molecule has 0 amide bonds. The van der Waals surface area contributed by atoms with Gasteiger partial charge in [-0.05, 0) is 21.9 Å². The highest BCUT2D eigenvalue weighted by atomic mass is 15.1. The SMILES string of the molecule is N#Cc1c2ccccc2c(CN=[N+]=[N-])c2ccccc12. The van der Waals surface area contributed by atoms with Gasteiger partial charge >= 0.3 is 0 Å². The fourth-order valence-electron chi connectivity index (χ4n) is 2.61. The number of hydrogen-bond donors (Lipinski definition) is 0. The van der Waals surface area contributed by atoms with Crippen LogP contribution < -0.4 is 0 Å². The number of hydrogen-bond acceptors (Lipinski definition) is 2. The van der Waals surface area contributed by atoms with Gasteiger partial charge in [-0.3, -0.25) is 0 Å². The van der Waals surface area contributed by atoms with Crippen molar-refractivity contribution in [1.29, 1.82) is 5.26 Å². The van der Waals surface area contributed by atoms with Gasteiger partial charge in [-0.15, -0.1) is 0 Å². The highest BCUT2D eigenvalue weighted by molar-refractivity contribution is 6.07. The number of nitriles is 1. The number of fused-ring (bicyclic) bond motifs is 2. The summed E-state index contributed by atoms with van der Waals surface area (Å²) < 4.78 is 0. The van der Waals surface area contributed by atoms with Gasteiger partial charge in [-0.25, -0.2) is 0 Å². The minimum atomic E-state index is 0.281. The Kier molecular flexibility index (Phi) is 2.96. The summed E-state index contributed by atoms with van der Waals surface area (Å²) in [4.78, 5) is 2.85. The Morgan fingerprint density at radius 3 is 1.90 bits per heavy atom. The van der Waals surface area contributed by atoms with Gasteiger partial charge in [0.25, 0.3) is 0 Å². The first-order chi connectivity index (χ1) is 9.86. The molecule has 0 bridgehead atoms. The smallest absolute Gasteiger partial charge is 0.100 e. The molecule has 0 N–H and O–H groups in total. The van der Waals surface area contributed by atoms with E-state index in [0.717, 1.165) is 27.1 Å². The summed E-state index contributed by atoms with van der Waals surface area (Å²) >= 11 is 0. The summed E-state index contributed by atoms with van der Waals surface area (Å²) in [5.41, 5.74) is 10.2. The molecule has 0 saturated carbocycles. The first kappa shape index (κ1) is 12.0. The maximum atomic E-state index is 9.47. The van der Waals surface area contributed by atoms with Crippen molar-refractivity contribution in [2.75, 3.05) is 0 Å². The number of benzene rings is 3. The Hall–Kier alpha value is -3.02. The van der Waals surface area contributed by atoms with E-state index in [2.05, 4.69) is 16.1 Å². The van der Waals surface area contributed by atoms with Gasteiger partial charge in [0, 0.05) is 15.7 Å². The van der Waals surface area contributed by atoms with E-state index in [9.17, 15) is 5.26 Å². The lowest BCUT2D eigenvalue weighted by atomic mass is 9.92. The lowest BCUT2D eigenvalue weighted by Crippen LogP contribution is -1.92. The standard InChI is InChI=1S/C16H10N4/c17-9-15-11-5-1-3-7-13(11)16(10-19-20-18)14-8-4-2-6-12(14)15/h1-8H,10H2. The summed E-state index contributed by atoms with van der Waals surface area (Å²) in [5.74, 6) is 0. The van der Waals surface area contributed by atoms with Crippen LogP contribution in [0.5, 0.6) is 0 Å². The molecule has 0 unspecified atom stereocenters. The summed E-state index contributed by atoms with van der Waals surface area (Å²) in [6.45, 7) is 0.281. The number of rotatable bonds is 2. The zero-order valence-corrected chi connectivity index (χ0v) is 10.6. The molecular weight excluding hydrogens is 248 g/mol. The third kappa shape index (κ3) is 1.74. The van der Waals surface area contributed by atoms with Crippen LogP contribution in [-0.2, 0) is 6.54 Å². The summed E-state index contributed by atoms with van der Waals surface area (Å²) in [6, 6.07) is 17.8. The van der Waals surface area contributed by atoms with Gasteiger partial charge in [0.1, 0.15) is 6.07 Å². The predicted molar refractivity (Wildman–Crippen MR) is 79.0 cm³/mol. The Morgan fingerprint density at radius 2 is 1.45 bits per heavy atom. The van der Waals surface area contributed by atoms with Crippen LogP contribution in [0.1, 0.15) is 11.1 Å².